The molecule has 2 aromatic heterocycles. The number of nitrogens with one attached hydrogen (secondary N) is 2. The van der Waals surface area contributed by atoms with Gasteiger partial charge >= 0.3 is 0 Å². The second kappa shape index (κ2) is 4.45. The van der Waals surface area contributed by atoms with Gasteiger partial charge in [0.05, 0.1) is 5.39 Å². The number of hydrogen-bond acceptors (Lipinski definition) is 4. The molecule has 5 nitrogen and oxygen atoms in total. The van der Waals surface area contributed by atoms with Gasteiger partial charge in [-0.05, 0) is 44.2 Å². The van der Waals surface area contributed by atoms with Crippen molar-refractivity contribution in [3.63, 3.8) is 0 Å². The molecule has 4 atom stereocenters. The maximum Gasteiger partial charge on any atom is 0.142 e. The first-order valence-electron chi connectivity index (χ1n) is 7.48. The van der Waals surface area contributed by atoms with Crippen molar-refractivity contribution in [3.05, 3.63) is 18.6 Å². The Morgan fingerprint density at radius 2 is 2.20 bits per heavy atom. The van der Waals surface area contributed by atoms with Crippen molar-refractivity contribution in [3.8, 4) is 0 Å². The summed E-state index contributed by atoms with van der Waals surface area (Å²) in [5.74, 6) is 2.72. The highest BCUT2D eigenvalue weighted by Crippen LogP contribution is 2.41. The number of rotatable bonds is 2. The predicted molar refractivity (Wildman–Crippen MR) is 79.8 cm³/mol. The summed E-state index contributed by atoms with van der Waals surface area (Å²) in [7, 11) is 2.18. The van der Waals surface area contributed by atoms with Crippen molar-refractivity contribution >= 4 is 16.9 Å². The third-order valence-corrected chi connectivity index (χ3v) is 5.28. The average Bonchev–Trinajstić information content (AvgIpc) is 3.14. The van der Waals surface area contributed by atoms with Crippen molar-refractivity contribution in [2.45, 2.75) is 31.8 Å². The highest BCUT2D eigenvalue weighted by molar-refractivity contribution is 5.87. The van der Waals surface area contributed by atoms with E-state index in [0.717, 1.165) is 28.7 Å². The summed E-state index contributed by atoms with van der Waals surface area (Å²) < 4.78 is 0. The van der Waals surface area contributed by atoms with E-state index in [9.17, 15) is 0 Å². The molecule has 2 aromatic rings. The molecule has 106 valence electrons. The summed E-state index contributed by atoms with van der Waals surface area (Å²) in [5.41, 5.74) is 0.926. The van der Waals surface area contributed by atoms with Crippen molar-refractivity contribution in [2.24, 2.45) is 11.8 Å². The fraction of sp³-hybridized carbons (Fsp3) is 0.600. The molecule has 1 saturated carbocycles. The number of fused-ring (bicyclic) bond motifs is 2. The first-order valence-corrected chi connectivity index (χ1v) is 7.48. The predicted octanol–water partition coefficient (Wildman–Crippen LogP) is 1.78. The van der Waals surface area contributed by atoms with Gasteiger partial charge in [-0.2, -0.15) is 0 Å². The highest BCUT2D eigenvalue weighted by atomic mass is 15.2. The lowest BCUT2D eigenvalue weighted by atomic mass is 9.95. The Balaban J connectivity index is 1.62. The fourth-order valence-electron chi connectivity index (χ4n) is 4.09. The van der Waals surface area contributed by atoms with Crippen LogP contribution >= 0.6 is 0 Å². The van der Waals surface area contributed by atoms with Gasteiger partial charge in [-0.15, -0.1) is 0 Å². The summed E-state index contributed by atoms with van der Waals surface area (Å²) in [6.45, 7) is 3.50. The SMILES string of the molecule is CC1NC[C@@H]2C[C@H](N(C)c3ncnc4[nH]ccc34)C[C@H]12. The molecule has 2 N–H and O–H groups in total. The standard InChI is InChI=1S/C15H21N5/c1-9-13-6-11(5-10(13)7-17-9)20(2)15-12-3-4-16-14(12)18-8-19-15/h3-4,8-11,13,17H,5-7H2,1-2H3,(H,16,18,19)/t9?,10-,11-,13+/m0/s1. The molecular weight excluding hydrogens is 250 g/mol. The summed E-state index contributed by atoms with van der Waals surface area (Å²) in [5, 5.41) is 4.72. The molecule has 0 radical (unpaired) electrons. The van der Waals surface area contributed by atoms with Crippen LogP contribution in [-0.2, 0) is 0 Å². The Kier molecular flexibility index (Phi) is 2.70. The van der Waals surface area contributed by atoms with Crippen molar-refractivity contribution in [1.29, 1.82) is 0 Å². The molecule has 5 heteroatoms. The number of H-pyrrole nitrogens is 1. The van der Waals surface area contributed by atoms with E-state index in [2.05, 4.69) is 45.2 Å². The van der Waals surface area contributed by atoms with Gasteiger partial charge < -0.3 is 15.2 Å². The van der Waals surface area contributed by atoms with Gasteiger partial charge in [-0.1, -0.05) is 0 Å². The molecular formula is C15H21N5. The van der Waals surface area contributed by atoms with E-state index in [1.807, 2.05) is 6.20 Å². The van der Waals surface area contributed by atoms with E-state index in [0.29, 0.717) is 12.1 Å². The van der Waals surface area contributed by atoms with E-state index >= 15 is 0 Å². The average molecular weight is 271 g/mol. The summed E-state index contributed by atoms with van der Waals surface area (Å²) in [6.07, 6.45) is 6.14. The summed E-state index contributed by atoms with van der Waals surface area (Å²) in [4.78, 5) is 14.3. The number of anilines is 1. The molecule has 0 amide bonds. The van der Waals surface area contributed by atoms with Crippen LogP contribution in [0.25, 0.3) is 11.0 Å². The van der Waals surface area contributed by atoms with Crippen LogP contribution in [0, 0.1) is 11.8 Å². The number of aromatic amines is 1. The molecule has 0 spiro atoms. The van der Waals surface area contributed by atoms with E-state index in [1.165, 1.54) is 19.4 Å². The minimum absolute atomic E-state index is 0.600. The number of hydrogen-bond donors (Lipinski definition) is 2. The maximum atomic E-state index is 4.52. The maximum absolute atomic E-state index is 4.52. The van der Waals surface area contributed by atoms with E-state index < -0.39 is 0 Å². The van der Waals surface area contributed by atoms with Crippen LogP contribution in [-0.4, -0.2) is 40.6 Å². The fourth-order valence-corrected chi connectivity index (χ4v) is 4.09. The Morgan fingerprint density at radius 3 is 3.05 bits per heavy atom. The third-order valence-electron chi connectivity index (χ3n) is 5.28. The minimum atomic E-state index is 0.600. The molecule has 1 aliphatic carbocycles. The molecule has 2 fully saturated rings. The third kappa shape index (κ3) is 1.73. The molecule has 2 aliphatic rings. The quantitative estimate of drug-likeness (QED) is 0.874. The van der Waals surface area contributed by atoms with Crippen LogP contribution in [0.1, 0.15) is 19.8 Å². The van der Waals surface area contributed by atoms with Gasteiger partial charge in [-0.3, -0.25) is 0 Å². The smallest absolute Gasteiger partial charge is 0.142 e. The van der Waals surface area contributed by atoms with Crippen molar-refractivity contribution in [2.75, 3.05) is 18.5 Å². The van der Waals surface area contributed by atoms with Gasteiger partial charge in [0.1, 0.15) is 17.8 Å². The second-order valence-electron chi connectivity index (χ2n) is 6.29. The topological polar surface area (TPSA) is 56.8 Å². The monoisotopic (exact) mass is 271 g/mol. The molecule has 4 rings (SSSR count). The molecule has 0 aromatic carbocycles. The zero-order chi connectivity index (χ0) is 13.7. The lowest BCUT2D eigenvalue weighted by Crippen LogP contribution is -2.33. The summed E-state index contributed by atoms with van der Waals surface area (Å²) >= 11 is 0. The van der Waals surface area contributed by atoms with E-state index in [1.54, 1.807) is 6.33 Å². The second-order valence-corrected chi connectivity index (χ2v) is 6.29. The van der Waals surface area contributed by atoms with Gasteiger partial charge in [0.2, 0.25) is 0 Å². The number of nitrogens with zero attached hydrogens (tertiary/aromatic N) is 3. The lowest BCUT2D eigenvalue weighted by Gasteiger charge is -2.27. The first kappa shape index (κ1) is 12.1. The largest absolute Gasteiger partial charge is 0.356 e. The minimum Gasteiger partial charge on any atom is -0.356 e. The molecule has 1 aliphatic heterocycles. The van der Waals surface area contributed by atoms with Crippen molar-refractivity contribution < 1.29 is 0 Å². The van der Waals surface area contributed by atoms with Gasteiger partial charge in [0.25, 0.3) is 0 Å². The Labute approximate surface area is 118 Å². The van der Waals surface area contributed by atoms with Gasteiger partial charge in [-0.25, -0.2) is 9.97 Å². The van der Waals surface area contributed by atoms with Crippen LogP contribution < -0.4 is 10.2 Å². The van der Waals surface area contributed by atoms with E-state index in [4.69, 9.17) is 0 Å². The molecule has 1 unspecified atom stereocenters. The Hall–Kier alpha value is -1.62. The van der Waals surface area contributed by atoms with Crippen LogP contribution in [0.15, 0.2) is 18.6 Å². The zero-order valence-corrected chi connectivity index (χ0v) is 12.0. The van der Waals surface area contributed by atoms with Gasteiger partial charge in [0, 0.05) is 25.3 Å². The van der Waals surface area contributed by atoms with Crippen LogP contribution in [0.3, 0.4) is 0 Å². The lowest BCUT2D eigenvalue weighted by molar-refractivity contribution is 0.429. The van der Waals surface area contributed by atoms with Crippen LogP contribution in [0.5, 0.6) is 0 Å². The van der Waals surface area contributed by atoms with Crippen molar-refractivity contribution in [1.82, 2.24) is 20.3 Å². The van der Waals surface area contributed by atoms with E-state index in [-0.39, 0.29) is 0 Å². The molecule has 1 saturated heterocycles. The van der Waals surface area contributed by atoms with Gasteiger partial charge in [0.15, 0.2) is 0 Å². The van der Waals surface area contributed by atoms with Crippen LogP contribution in [0.2, 0.25) is 0 Å². The zero-order valence-electron chi connectivity index (χ0n) is 12.0. The Bertz CT molecular complexity index is 622. The normalized spacial score (nSPS) is 32.7. The summed E-state index contributed by atoms with van der Waals surface area (Å²) in [6, 6.07) is 3.33. The molecule has 20 heavy (non-hydrogen) atoms. The number of aromatic nitrogens is 3. The Morgan fingerprint density at radius 1 is 1.30 bits per heavy atom. The van der Waals surface area contributed by atoms with Crippen LogP contribution in [0.4, 0.5) is 5.82 Å². The molecule has 0 bridgehead atoms. The first-order chi connectivity index (χ1) is 9.74. The molecule has 3 heterocycles. The highest BCUT2D eigenvalue weighted by Gasteiger charge is 2.42.